The average Bonchev–Trinajstić information content (AvgIpc) is 2.45. The van der Waals surface area contributed by atoms with E-state index in [1.165, 1.54) is 38.5 Å². The Kier molecular flexibility index (Phi) is 5.44. The van der Waals surface area contributed by atoms with E-state index in [-0.39, 0.29) is 5.91 Å². The maximum absolute atomic E-state index is 11.9. The Hall–Kier alpha value is -0.610. The topological polar surface area (TPSA) is 58.4 Å². The first-order valence-corrected chi connectivity index (χ1v) is 8.36. The maximum atomic E-state index is 11.9. The van der Waals surface area contributed by atoms with Gasteiger partial charge < -0.3 is 11.1 Å². The van der Waals surface area contributed by atoms with Crippen molar-refractivity contribution in [3.8, 4) is 0 Å². The quantitative estimate of drug-likeness (QED) is 0.781. The molecule has 0 spiro atoms. The molecule has 0 aromatic rings. The molecule has 1 aliphatic heterocycles. The van der Waals surface area contributed by atoms with Gasteiger partial charge in [-0.3, -0.25) is 9.69 Å². The molecule has 3 unspecified atom stereocenters. The number of hydrogen-bond donors (Lipinski definition) is 2. The number of likely N-dealkylation sites (tertiary alicyclic amines) is 1. The molecule has 1 heterocycles. The molecular formula is C16H31N3O. The van der Waals surface area contributed by atoms with Crippen molar-refractivity contribution in [1.29, 1.82) is 0 Å². The third-order valence-corrected chi connectivity index (χ3v) is 5.19. The third-order valence-electron chi connectivity index (χ3n) is 5.19. The lowest BCUT2D eigenvalue weighted by atomic mass is 9.77. The van der Waals surface area contributed by atoms with Crippen LogP contribution in [0.3, 0.4) is 0 Å². The number of nitrogens with two attached hydrogens (primary N) is 1. The van der Waals surface area contributed by atoms with Crippen LogP contribution in [0, 0.1) is 5.92 Å². The van der Waals surface area contributed by atoms with Crippen LogP contribution in [-0.4, -0.2) is 42.0 Å². The highest BCUT2D eigenvalue weighted by molar-refractivity contribution is 5.84. The number of piperidine rings is 1. The molecule has 0 aromatic carbocycles. The van der Waals surface area contributed by atoms with Gasteiger partial charge in [0.15, 0.2) is 0 Å². The Labute approximate surface area is 123 Å². The predicted molar refractivity (Wildman–Crippen MR) is 82.4 cm³/mol. The first-order chi connectivity index (χ1) is 9.57. The molecule has 1 amide bonds. The fourth-order valence-electron chi connectivity index (χ4n) is 3.95. The van der Waals surface area contributed by atoms with Gasteiger partial charge in [-0.05, 0) is 58.0 Å². The van der Waals surface area contributed by atoms with Crippen LogP contribution in [0.1, 0.15) is 58.8 Å². The van der Waals surface area contributed by atoms with Crippen molar-refractivity contribution in [2.75, 3.05) is 19.6 Å². The minimum atomic E-state index is -0.588. The maximum Gasteiger partial charge on any atom is 0.238 e. The Balaban J connectivity index is 2.02. The zero-order valence-electron chi connectivity index (χ0n) is 13.2. The van der Waals surface area contributed by atoms with Crippen LogP contribution >= 0.6 is 0 Å². The van der Waals surface area contributed by atoms with Crippen LogP contribution in [0.4, 0.5) is 0 Å². The number of rotatable bonds is 6. The van der Waals surface area contributed by atoms with Crippen molar-refractivity contribution in [2.45, 2.75) is 70.4 Å². The summed E-state index contributed by atoms with van der Waals surface area (Å²) in [7, 11) is 0. The molecule has 0 bridgehead atoms. The lowest BCUT2D eigenvalue weighted by molar-refractivity contribution is -0.125. The van der Waals surface area contributed by atoms with E-state index in [0.29, 0.717) is 6.04 Å². The number of carbonyl (C=O) groups is 1. The number of fused-ring (bicyclic) bond motifs is 1. The highest BCUT2D eigenvalue weighted by Crippen LogP contribution is 2.35. The molecule has 4 heteroatoms. The van der Waals surface area contributed by atoms with Crippen LogP contribution in [0.25, 0.3) is 0 Å². The summed E-state index contributed by atoms with van der Waals surface area (Å²) in [6, 6.07) is 0.680. The molecule has 2 fully saturated rings. The van der Waals surface area contributed by atoms with Gasteiger partial charge in [0.25, 0.3) is 0 Å². The van der Waals surface area contributed by atoms with E-state index in [2.05, 4.69) is 17.1 Å². The normalized spacial score (nSPS) is 30.5. The first kappa shape index (κ1) is 15.8. The van der Waals surface area contributed by atoms with Crippen molar-refractivity contribution in [2.24, 2.45) is 11.7 Å². The Morgan fingerprint density at radius 1 is 1.30 bits per heavy atom. The number of hydrogen-bond acceptors (Lipinski definition) is 3. The van der Waals surface area contributed by atoms with Gasteiger partial charge in [-0.2, -0.15) is 0 Å². The smallest absolute Gasteiger partial charge is 0.238 e. The highest BCUT2D eigenvalue weighted by Gasteiger charge is 2.39. The van der Waals surface area contributed by atoms with Crippen LogP contribution < -0.4 is 11.1 Å². The number of amides is 1. The summed E-state index contributed by atoms with van der Waals surface area (Å²) in [5.74, 6) is 0.629. The summed E-state index contributed by atoms with van der Waals surface area (Å²) in [5, 5.41) is 3.37. The monoisotopic (exact) mass is 281 g/mol. The molecule has 116 valence electrons. The molecule has 4 nitrogen and oxygen atoms in total. The van der Waals surface area contributed by atoms with Gasteiger partial charge in [0, 0.05) is 12.6 Å². The lowest BCUT2D eigenvalue weighted by Crippen LogP contribution is -2.62. The van der Waals surface area contributed by atoms with Gasteiger partial charge in [-0.25, -0.2) is 0 Å². The summed E-state index contributed by atoms with van der Waals surface area (Å²) >= 11 is 0. The van der Waals surface area contributed by atoms with E-state index in [1.807, 2.05) is 6.92 Å². The molecule has 0 radical (unpaired) electrons. The first-order valence-electron chi connectivity index (χ1n) is 8.36. The molecule has 2 rings (SSSR count). The minimum absolute atomic E-state index is 0.219. The van der Waals surface area contributed by atoms with Crippen molar-refractivity contribution >= 4 is 5.91 Å². The summed E-state index contributed by atoms with van der Waals surface area (Å²) in [6.07, 6.45) is 9.06. The predicted octanol–water partition coefficient (Wildman–Crippen LogP) is 1.88. The minimum Gasteiger partial charge on any atom is -0.368 e. The van der Waals surface area contributed by atoms with Gasteiger partial charge in [-0.1, -0.05) is 19.8 Å². The van der Waals surface area contributed by atoms with Gasteiger partial charge >= 0.3 is 0 Å². The van der Waals surface area contributed by atoms with Crippen molar-refractivity contribution in [3.05, 3.63) is 0 Å². The van der Waals surface area contributed by atoms with Crippen molar-refractivity contribution in [3.63, 3.8) is 0 Å². The fourth-order valence-corrected chi connectivity index (χ4v) is 3.95. The SMILES string of the molecule is CCCNC(C)(CN1CCCC2CCCCC21)C(N)=O. The lowest BCUT2D eigenvalue weighted by Gasteiger charge is -2.47. The zero-order chi connectivity index (χ0) is 14.6. The van der Waals surface area contributed by atoms with Gasteiger partial charge in [0.05, 0.1) is 0 Å². The highest BCUT2D eigenvalue weighted by atomic mass is 16.1. The molecule has 1 saturated heterocycles. The zero-order valence-corrected chi connectivity index (χ0v) is 13.2. The number of carbonyl (C=O) groups excluding carboxylic acids is 1. The fraction of sp³-hybridized carbons (Fsp3) is 0.938. The van der Waals surface area contributed by atoms with E-state index >= 15 is 0 Å². The summed E-state index contributed by atoms with van der Waals surface area (Å²) in [5.41, 5.74) is 5.08. The van der Waals surface area contributed by atoms with E-state index in [1.54, 1.807) is 0 Å². The van der Waals surface area contributed by atoms with E-state index in [9.17, 15) is 4.79 Å². The van der Waals surface area contributed by atoms with E-state index in [4.69, 9.17) is 5.73 Å². The van der Waals surface area contributed by atoms with Gasteiger partial charge in [-0.15, -0.1) is 0 Å². The molecular weight excluding hydrogens is 250 g/mol. The molecule has 3 atom stereocenters. The van der Waals surface area contributed by atoms with Crippen LogP contribution in [-0.2, 0) is 4.79 Å². The summed E-state index contributed by atoms with van der Waals surface area (Å²) in [6.45, 7) is 6.83. The largest absolute Gasteiger partial charge is 0.368 e. The number of primary amides is 1. The molecule has 1 saturated carbocycles. The second kappa shape index (κ2) is 6.90. The molecule has 3 N–H and O–H groups in total. The van der Waals surface area contributed by atoms with E-state index < -0.39 is 5.54 Å². The van der Waals surface area contributed by atoms with E-state index in [0.717, 1.165) is 32.0 Å². The standard InChI is InChI=1S/C16H31N3O/c1-3-10-18-16(2,15(17)20)12-19-11-6-8-13-7-4-5-9-14(13)19/h13-14,18H,3-12H2,1-2H3,(H2,17,20). The number of nitrogens with one attached hydrogen (secondary N) is 1. The average molecular weight is 281 g/mol. The van der Waals surface area contributed by atoms with Gasteiger partial charge in [0.2, 0.25) is 5.91 Å². The second-order valence-electron chi connectivity index (χ2n) is 6.85. The van der Waals surface area contributed by atoms with Crippen LogP contribution in [0.5, 0.6) is 0 Å². The van der Waals surface area contributed by atoms with Crippen LogP contribution in [0.2, 0.25) is 0 Å². The van der Waals surface area contributed by atoms with Crippen molar-refractivity contribution in [1.82, 2.24) is 10.2 Å². The summed E-state index contributed by atoms with van der Waals surface area (Å²) < 4.78 is 0. The van der Waals surface area contributed by atoms with Crippen LogP contribution in [0.15, 0.2) is 0 Å². The summed E-state index contributed by atoms with van der Waals surface area (Å²) in [4.78, 5) is 14.4. The molecule has 20 heavy (non-hydrogen) atoms. The Bertz CT molecular complexity index is 332. The second-order valence-corrected chi connectivity index (χ2v) is 6.85. The number of nitrogens with zero attached hydrogens (tertiary/aromatic N) is 1. The van der Waals surface area contributed by atoms with Crippen molar-refractivity contribution < 1.29 is 4.79 Å². The molecule has 0 aromatic heterocycles. The Morgan fingerprint density at radius 3 is 2.70 bits per heavy atom. The third kappa shape index (κ3) is 3.53. The van der Waals surface area contributed by atoms with Gasteiger partial charge in [0.1, 0.15) is 5.54 Å². The molecule has 1 aliphatic carbocycles. The Morgan fingerprint density at radius 2 is 2.00 bits per heavy atom. The molecule has 2 aliphatic rings.